The summed E-state index contributed by atoms with van der Waals surface area (Å²) < 4.78 is 14.2. The van der Waals surface area contributed by atoms with Gasteiger partial charge in [0.2, 0.25) is 0 Å². The monoisotopic (exact) mass is 421 g/mol. The molecule has 2 aromatic carbocycles. The van der Waals surface area contributed by atoms with Gasteiger partial charge in [-0.1, -0.05) is 36.4 Å². The number of aromatic amines is 1. The van der Waals surface area contributed by atoms with E-state index < -0.39 is 23.5 Å². The lowest BCUT2D eigenvalue weighted by atomic mass is 10.1. The number of carboxylic acids is 1. The molecule has 0 bridgehead atoms. The van der Waals surface area contributed by atoms with Crippen LogP contribution in [-0.4, -0.2) is 63.7 Å². The van der Waals surface area contributed by atoms with Crippen LogP contribution in [0.1, 0.15) is 15.9 Å². The number of fused-ring (bicyclic) bond motifs is 1. The Bertz CT molecular complexity index is 1180. The maximum absolute atomic E-state index is 14.2. The topological polar surface area (TPSA) is 93.7 Å². The van der Waals surface area contributed by atoms with Crippen molar-refractivity contribution in [2.45, 2.75) is 0 Å². The number of rotatable bonds is 5. The summed E-state index contributed by atoms with van der Waals surface area (Å²) in [5.41, 5.74) is 1.77. The van der Waals surface area contributed by atoms with Gasteiger partial charge in [0.1, 0.15) is 5.82 Å². The second-order valence-corrected chi connectivity index (χ2v) is 7.21. The number of H-pyrrole nitrogens is 1. The quantitative estimate of drug-likeness (QED) is 0.375. The van der Waals surface area contributed by atoms with Gasteiger partial charge in [0.05, 0.1) is 11.3 Å². The molecule has 0 aliphatic carbocycles. The Kier molecular flexibility index (Phi) is 5.53. The molecule has 1 aromatic heterocycles. The van der Waals surface area contributed by atoms with Crippen LogP contribution in [0.5, 0.6) is 0 Å². The number of benzene rings is 2. The average molecular weight is 421 g/mol. The molecule has 1 aliphatic heterocycles. The number of hydrogen-bond acceptors (Lipinski definition) is 4. The van der Waals surface area contributed by atoms with Crippen LogP contribution in [-0.2, 0) is 9.59 Å². The number of aliphatic carboxylic acids is 1. The minimum atomic E-state index is -1.06. The standard InChI is InChI=1S/C23H20FN3O4/c24-17-7-4-8-18-21(17)16(14-25-18)22(30)23(31)27-11-9-26(10-12-27)19(13-20(28)29)15-5-2-1-3-6-15/h1-8,13-14,25H,9-12H2,(H,28,29)/b19-13+. The summed E-state index contributed by atoms with van der Waals surface area (Å²) in [4.78, 5) is 43.0. The molecule has 2 heterocycles. The first-order valence-electron chi connectivity index (χ1n) is 9.80. The van der Waals surface area contributed by atoms with Crippen LogP contribution in [0.25, 0.3) is 16.6 Å². The molecule has 8 heteroatoms. The van der Waals surface area contributed by atoms with Crippen LogP contribution in [0, 0.1) is 5.82 Å². The van der Waals surface area contributed by atoms with Gasteiger partial charge in [-0.2, -0.15) is 0 Å². The zero-order valence-corrected chi connectivity index (χ0v) is 16.5. The average Bonchev–Trinajstić information content (AvgIpc) is 3.23. The Hall–Kier alpha value is -3.94. The number of amides is 1. The van der Waals surface area contributed by atoms with Crippen LogP contribution in [0.4, 0.5) is 4.39 Å². The first-order valence-corrected chi connectivity index (χ1v) is 9.80. The van der Waals surface area contributed by atoms with E-state index in [2.05, 4.69) is 4.98 Å². The SMILES string of the molecule is O=C(O)/C=C(\c1ccccc1)N1CCN(C(=O)C(=O)c2c[nH]c3cccc(F)c23)CC1. The van der Waals surface area contributed by atoms with Crippen LogP contribution in [0.15, 0.2) is 60.8 Å². The van der Waals surface area contributed by atoms with E-state index in [9.17, 15) is 23.9 Å². The van der Waals surface area contributed by atoms with Crippen LogP contribution >= 0.6 is 0 Å². The smallest absolute Gasteiger partial charge is 0.330 e. The predicted octanol–water partition coefficient (Wildman–Crippen LogP) is 2.76. The number of carbonyl (C=O) groups is 3. The molecule has 1 amide bonds. The van der Waals surface area contributed by atoms with Gasteiger partial charge in [0.25, 0.3) is 11.7 Å². The lowest BCUT2D eigenvalue weighted by Crippen LogP contribution is -2.50. The zero-order chi connectivity index (χ0) is 22.0. The number of carboxylic acid groups (broad SMARTS) is 1. The molecule has 1 saturated heterocycles. The summed E-state index contributed by atoms with van der Waals surface area (Å²) in [6.07, 6.45) is 2.50. The van der Waals surface area contributed by atoms with Gasteiger partial charge >= 0.3 is 5.97 Å². The number of piperazine rings is 1. The largest absolute Gasteiger partial charge is 0.478 e. The molecule has 0 unspecified atom stereocenters. The Morgan fingerprint density at radius 1 is 0.935 bits per heavy atom. The summed E-state index contributed by atoms with van der Waals surface area (Å²) in [5.74, 6) is -3.10. The number of aromatic nitrogens is 1. The predicted molar refractivity (Wildman–Crippen MR) is 113 cm³/mol. The fourth-order valence-corrected chi connectivity index (χ4v) is 3.81. The van der Waals surface area contributed by atoms with Crippen molar-refractivity contribution in [3.8, 4) is 0 Å². The Labute approximate surface area is 177 Å². The Morgan fingerprint density at radius 3 is 2.29 bits per heavy atom. The van der Waals surface area contributed by atoms with E-state index in [1.807, 2.05) is 35.2 Å². The molecule has 0 spiro atoms. The number of carbonyl (C=O) groups excluding carboxylic acids is 2. The van der Waals surface area contributed by atoms with E-state index in [0.29, 0.717) is 24.3 Å². The lowest BCUT2D eigenvalue weighted by molar-refractivity contribution is -0.131. The molecule has 158 valence electrons. The van der Waals surface area contributed by atoms with Crippen LogP contribution in [0.2, 0.25) is 0 Å². The van der Waals surface area contributed by atoms with E-state index in [1.54, 1.807) is 6.07 Å². The van der Waals surface area contributed by atoms with Crippen molar-refractivity contribution in [1.29, 1.82) is 0 Å². The molecule has 3 aromatic rings. The fourth-order valence-electron chi connectivity index (χ4n) is 3.81. The highest BCUT2D eigenvalue weighted by molar-refractivity contribution is 6.44. The van der Waals surface area contributed by atoms with E-state index in [-0.39, 0.29) is 24.0 Å². The third-order valence-corrected chi connectivity index (χ3v) is 5.33. The zero-order valence-electron chi connectivity index (χ0n) is 16.5. The Balaban J connectivity index is 1.49. The highest BCUT2D eigenvalue weighted by Crippen LogP contribution is 2.24. The number of nitrogens with one attached hydrogen (secondary N) is 1. The van der Waals surface area contributed by atoms with Crippen molar-refractivity contribution < 1.29 is 23.9 Å². The second kappa shape index (κ2) is 8.43. The third kappa shape index (κ3) is 4.05. The van der Waals surface area contributed by atoms with Crippen LogP contribution in [0.3, 0.4) is 0 Å². The van der Waals surface area contributed by atoms with Gasteiger partial charge in [-0.15, -0.1) is 0 Å². The molecule has 1 aliphatic rings. The maximum atomic E-state index is 14.2. The number of ketones is 1. The summed E-state index contributed by atoms with van der Waals surface area (Å²) >= 11 is 0. The van der Waals surface area contributed by atoms with Gasteiger partial charge < -0.3 is 19.9 Å². The van der Waals surface area contributed by atoms with E-state index in [1.165, 1.54) is 23.2 Å². The van der Waals surface area contributed by atoms with Gasteiger partial charge in [0, 0.05) is 49.4 Å². The number of halogens is 1. The highest BCUT2D eigenvalue weighted by Gasteiger charge is 2.30. The fraction of sp³-hybridized carbons (Fsp3) is 0.174. The first kappa shape index (κ1) is 20.3. The maximum Gasteiger partial charge on any atom is 0.330 e. The minimum Gasteiger partial charge on any atom is -0.478 e. The van der Waals surface area contributed by atoms with Gasteiger partial charge in [-0.25, -0.2) is 9.18 Å². The van der Waals surface area contributed by atoms with E-state index in [4.69, 9.17) is 0 Å². The van der Waals surface area contributed by atoms with Gasteiger partial charge in [-0.3, -0.25) is 9.59 Å². The number of Topliss-reactive ketones (excluding diaryl/α,β-unsaturated/α-hetero) is 1. The highest BCUT2D eigenvalue weighted by atomic mass is 19.1. The Morgan fingerprint density at radius 2 is 1.61 bits per heavy atom. The first-order chi connectivity index (χ1) is 15.0. The summed E-state index contributed by atoms with van der Waals surface area (Å²) in [5, 5.41) is 9.36. The van der Waals surface area contributed by atoms with E-state index in [0.717, 1.165) is 11.6 Å². The van der Waals surface area contributed by atoms with Crippen LogP contribution < -0.4 is 0 Å². The van der Waals surface area contributed by atoms with Gasteiger partial charge in [-0.05, 0) is 17.7 Å². The van der Waals surface area contributed by atoms with E-state index >= 15 is 0 Å². The van der Waals surface area contributed by atoms with Crippen molar-refractivity contribution in [3.05, 3.63) is 77.7 Å². The molecule has 0 radical (unpaired) electrons. The number of nitrogens with zero attached hydrogens (tertiary/aromatic N) is 2. The molecule has 1 fully saturated rings. The molecule has 0 saturated carbocycles. The summed E-state index contributed by atoms with van der Waals surface area (Å²) in [7, 11) is 0. The molecular weight excluding hydrogens is 401 g/mol. The van der Waals surface area contributed by atoms with Crippen molar-refractivity contribution in [2.24, 2.45) is 0 Å². The minimum absolute atomic E-state index is 0.0104. The molecule has 2 N–H and O–H groups in total. The molecule has 7 nitrogen and oxygen atoms in total. The third-order valence-electron chi connectivity index (χ3n) is 5.33. The normalized spacial score (nSPS) is 14.7. The van der Waals surface area contributed by atoms with Crippen molar-refractivity contribution in [2.75, 3.05) is 26.2 Å². The molecular formula is C23H20FN3O4. The van der Waals surface area contributed by atoms with Crippen molar-refractivity contribution in [3.63, 3.8) is 0 Å². The lowest BCUT2D eigenvalue weighted by Gasteiger charge is -2.37. The molecule has 0 atom stereocenters. The summed E-state index contributed by atoms with van der Waals surface area (Å²) in [6, 6.07) is 13.5. The van der Waals surface area contributed by atoms with Crippen molar-refractivity contribution >= 4 is 34.3 Å². The summed E-state index contributed by atoms with van der Waals surface area (Å²) in [6.45, 7) is 1.24. The number of hydrogen-bond donors (Lipinski definition) is 2. The second-order valence-electron chi connectivity index (χ2n) is 7.21. The molecule has 31 heavy (non-hydrogen) atoms. The van der Waals surface area contributed by atoms with Gasteiger partial charge in [0.15, 0.2) is 0 Å². The van der Waals surface area contributed by atoms with Crippen molar-refractivity contribution in [1.82, 2.24) is 14.8 Å². The molecule has 4 rings (SSSR count).